The Hall–Kier alpha value is -3.09. The number of rotatable bonds is 4. The third-order valence-electron chi connectivity index (χ3n) is 5.23. The van der Waals surface area contributed by atoms with Crippen molar-refractivity contribution in [3.8, 4) is 28.7 Å². The van der Waals surface area contributed by atoms with Crippen molar-refractivity contribution < 1.29 is 54.8 Å². The summed E-state index contributed by atoms with van der Waals surface area (Å²) in [6, 6.07) is 6.28. The first-order valence-electron chi connectivity index (χ1n) is 9.28. The summed E-state index contributed by atoms with van der Waals surface area (Å²) in [5.41, 5.74) is 0.281. The van der Waals surface area contributed by atoms with E-state index in [9.17, 15) is 40.5 Å². The van der Waals surface area contributed by atoms with Crippen molar-refractivity contribution in [1.29, 1.82) is 0 Å². The fraction of sp³-hybridized carbons (Fsp3) is 0.350. The van der Waals surface area contributed by atoms with Crippen molar-refractivity contribution >= 4 is 5.78 Å². The van der Waals surface area contributed by atoms with Gasteiger partial charge in [0.15, 0.2) is 29.1 Å². The number of aliphatic hydroxyl groups is 4. The highest BCUT2D eigenvalue weighted by Crippen LogP contribution is 2.48. The minimum Gasteiger partial charge on any atom is -0.504 e. The molecule has 31 heavy (non-hydrogen) atoms. The van der Waals surface area contributed by atoms with Crippen molar-refractivity contribution in [2.75, 3.05) is 6.61 Å². The van der Waals surface area contributed by atoms with E-state index in [1.165, 1.54) is 24.3 Å². The maximum Gasteiger partial charge on any atom is 0.229 e. The van der Waals surface area contributed by atoms with E-state index < -0.39 is 60.7 Å². The summed E-state index contributed by atoms with van der Waals surface area (Å²) < 4.78 is 16.2. The van der Waals surface area contributed by atoms with Crippen molar-refractivity contribution in [1.82, 2.24) is 0 Å². The van der Waals surface area contributed by atoms with E-state index >= 15 is 0 Å². The second kappa shape index (κ2) is 7.87. The van der Waals surface area contributed by atoms with Gasteiger partial charge in [-0.2, -0.15) is 0 Å². The first-order valence-corrected chi connectivity index (χ1v) is 9.28. The second-order valence-corrected chi connectivity index (χ2v) is 7.21. The molecule has 1 saturated heterocycles. The monoisotopic (exact) mass is 436 g/mol. The second-order valence-electron chi connectivity index (χ2n) is 7.21. The number of hydrogen-bond acceptors (Lipinski definition) is 11. The summed E-state index contributed by atoms with van der Waals surface area (Å²) in [7, 11) is 0. The van der Waals surface area contributed by atoms with Crippen molar-refractivity contribution in [3.63, 3.8) is 0 Å². The third-order valence-corrected chi connectivity index (χ3v) is 5.23. The third kappa shape index (κ3) is 3.52. The first kappa shape index (κ1) is 21.2. The van der Waals surface area contributed by atoms with Gasteiger partial charge in [0.1, 0.15) is 24.4 Å². The lowest BCUT2D eigenvalue weighted by Gasteiger charge is -2.39. The number of phenolic OH excluding ortho intramolecular Hbond substituents is 3. The molecule has 0 aliphatic carbocycles. The summed E-state index contributed by atoms with van der Waals surface area (Å²) in [5, 5.41) is 68.7. The molecule has 0 aromatic heterocycles. The van der Waals surface area contributed by atoms with Crippen molar-refractivity contribution in [3.05, 3.63) is 41.5 Å². The SMILES string of the molecule is O=C1c2ccc(OC3OC(CO)C(O)C(O)C3O)c(O)c2OC1c1ccc(O)c(O)c1. The molecule has 0 amide bonds. The first-order chi connectivity index (χ1) is 14.7. The van der Waals surface area contributed by atoms with Gasteiger partial charge in [-0.05, 0) is 24.3 Å². The average Bonchev–Trinajstić information content (AvgIpc) is 3.09. The zero-order chi connectivity index (χ0) is 22.4. The lowest BCUT2D eigenvalue weighted by molar-refractivity contribution is -0.277. The Kier molecular flexibility index (Phi) is 5.37. The van der Waals surface area contributed by atoms with Crippen LogP contribution in [-0.4, -0.2) is 78.8 Å². The van der Waals surface area contributed by atoms with Crippen LogP contribution in [0.1, 0.15) is 22.0 Å². The van der Waals surface area contributed by atoms with Crippen LogP contribution >= 0.6 is 0 Å². The predicted molar refractivity (Wildman–Crippen MR) is 100.0 cm³/mol. The van der Waals surface area contributed by atoms with Gasteiger partial charge in [0.25, 0.3) is 0 Å². The summed E-state index contributed by atoms with van der Waals surface area (Å²) >= 11 is 0. The number of ether oxygens (including phenoxy) is 3. The van der Waals surface area contributed by atoms with Gasteiger partial charge in [0.2, 0.25) is 17.8 Å². The normalized spacial score (nSPS) is 30.0. The summed E-state index contributed by atoms with van der Waals surface area (Å²) in [6.07, 6.45) is -8.87. The molecule has 2 heterocycles. The van der Waals surface area contributed by atoms with E-state index in [1.807, 2.05) is 0 Å². The van der Waals surface area contributed by atoms with Crippen LogP contribution < -0.4 is 9.47 Å². The Morgan fingerprint density at radius 3 is 2.35 bits per heavy atom. The molecular formula is C20H20O11. The van der Waals surface area contributed by atoms with Gasteiger partial charge in [0.05, 0.1) is 12.2 Å². The number of aliphatic hydroxyl groups excluding tert-OH is 4. The molecule has 0 spiro atoms. The van der Waals surface area contributed by atoms with Crippen LogP contribution in [0.25, 0.3) is 0 Å². The summed E-state index contributed by atoms with van der Waals surface area (Å²) in [6.45, 7) is -0.653. The van der Waals surface area contributed by atoms with Gasteiger partial charge in [-0.25, -0.2) is 0 Å². The minimum atomic E-state index is -1.69. The molecule has 166 valence electrons. The Morgan fingerprint density at radius 2 is 1.68 bits per heavy atom. The topological polar surface area (TPSA) is 186 Å². The molecule has 2 aliphatic heterocycles. The Morgan fingerprint density at radius 1 is 0.935 bits per heavy atom. The quantitative estimate of drug-likeness (QED) is 0.300. The van der Waals surface area contributed by atoms with Gasteiger partial charge in [-0.3, -0.25) is 4.79 Å². The van der Waals surface area contributed by atoms with Gasteiger partial charge >= 0.3 is 0 Å². The summed E-state index contributed by atoms with van der Waals surface area (Å²) in [5.74, 6) is -2.34. The number of Topliss-reactive ketones (excluding diaryl/α,β-unsaturated/α-hetero) is 1. The highest BCUT2D eigenvalue weighted by molar-refractivity contribution is 6.06. The van der Waals surface area contributed by atoms with E-state index in [0.717, 1.165) is 6.07 Å². The average molecular weight is 436 g/mol. The lowest BCUT2D eigenvalue weighted by Crippen LogP contribution is -2.60. The molecule has 4 rings (SSSR count). The maximum absolute atomic E-state index is 12.7. The van der Waals surface area contributed by atoms with Crippen LogP contribution in [0.15, 0.2) is 30.3 Å². The smallest absolute Gasteiger partial charge is 0.229 e. The molecule has 1 fully saturated rings. The molecule has 11 heteroatoms. The molecule has 0 radical (unpaired) electrons. The molecule has 6 unspecified atom stereocenters. The summed E-state index contributed by atoms with van der Waals surface area (Å²) in [4.78, 5) is 12.7. The maximum atomic E-state index is 12.7. The van der Waals surface area contributed by atoms with Gasteiger partial charge in [-0.15, -0.1) is 0 Å². The highest BCUT2D eigenvalue weighted by Gasteiger charge is 2.45. The van der Waals surface area contributed by atoms with E-state index in [4.69, 9.17) is 14.2 Å². The van der Waals surface area contributed by atoms with Crippen LogP contribution in [0.2, 0.25) is 0 Å². The number of phenols is 3. The van der Waals surface area contributed by atoms with Gasteiger partial charge < -0.3 is 50.0 Å². The number of carbonyl (C=O) groups excluding carboxylic acids is 1. The molecule has 11 nitrogen and oxygen atoms in total. The molecule has 6 atom stereocenters. The number of carbonyl (C=O) groups is 1. The number of benzene rings is 2. The molecule has 0 saturated carbocycles. The predicted octanol–water partition coefficient (Wildman–Crippen LogP) is -0.702. The molecule has 2 aromatic rings. The van der Waals surface area contributed by atoms with E-state index in [1.54, 1.807) is 0 Å². The molecule has 7 N–H and O–H groups in total. The van der Waals surface area contributed by atoms with E-state index in [2.05, 4.69) is 0 Å². The molecule has 2 aliphatic rings. The van der Waals surface area contributed by atoms with Crippen LogP contribution in [0.3, 0.4) is 0 Å². The van der Waals surface area contributed by atoms with Crippen molar-refractivity contribution in [2.45, 2.75) is 36.8 Å². The zero-order valence-electron chi connectivity index (χ0n) is 15.8. The van der Waals surface area contributed by atoms with Gasteiger partial charge in [-0.1, -0.05) is 6.07 Å². The number of fused-ring (bicyclic) bond motifs is 1. The van der Waals surface area contributed by atoms with Crippen molar-refractivity contribution in [2.24, 2.45) is 0 Å². The van der Waals surface area contributed by atoms with E-state index in [0.29, 0.717) is 0 Å². The van der Waals surface area contributed by atoms with Crippen LogP contribution in [0, 0.1) is 0 Å². The highest BCUT2D eigenvalue weighted by atomic mass is 16.7. The zero-order valence-corrected chi connectivity index (χ0v) is 15.8. The van der Waals surface area contributed by atoms with Crippen LogP contribution in [-0.2, 0) is 4.74 Å². The fourth-order valence-corrected chi connectivity index (χ4v) is 3.49. The Bertz CT molecular complexity index is 1000. The lowest BCUT2D eigenvalue weighted by atomic mass is 9.99. The van der Waals surface area contributed by atoms with Crippen LogP contribution in [0.4, 0.5) is 0 Å². The standard InChI is InChI=1S/C20H20O11/c21-6-12-14(25)16(27)17(28)20(30-12)29-11-4-2-8-13(24)18(31-19(8)15(11)26)7-1-3-9(22)10(23)5-7/h1-5,12,14,16-18,20-23,25-28H,6H2. The number of aromatic hydroxyl groups is 3. The Labute approximate surface area is 174 Å². The van der Waals surface area contributed by atoms with Gasteiger partial charge in [0, 0.05) is 5.56 Å². The minimum absolute atomic E-state index is 0.0382. The fourth-order valence-electron chi connectivity index (χ4n) is 3.49. The molecule has 2 aromatic carbocycles. The van der Waals surface area contributed by atoms with Crippen LogP contribution in [0.5, 0.6) is 28.7 Å². The molecular weight excluding hydrogens is 416 g/mol. The molecule has 0 bridgehead atoms. The number of ketones is 1. The Balaban J connectivity index is 1.59. The van der Waals surface area contributed by atoms with E-state index in [-0.39, 0.29) is 28.4 Å². The largest absolute Gasteiger partial charge is 0.504 e. The number of hydrogen-bond donors (Lipinski definition) is 7.